The maximum absolute atomic E-state index is 13.6. The minimum absolute atomic E-state index is 0.0868. The second-order valence-electron chi connectivity index (χ2n) is 7.67. The number of imide groups is 1. The molecule has 0 bridgehead atoms. The predicted molar refractivity (Wildman–Crippen MR) is 125 cm³/mol. The highest BCUT2D eigenvalue weighted by molar-refractivity contribution is 6.24. The Balaban J connectivity index is 1.81. The third-order valence-corrected chi connectivity index (χ3v) is 5.58. The molecule has 1 aliphatic rings. The summed E-state index contributed by atoms with van der Waals surface area (Å²) in [4.78, 5) is 74.5. The minimum atomic E-state index is -1.22. The van der Waals surface area contributed by atoms with Crippen LogP contribution >= 0.6 is 0 Å². The number of carbonyl (C=O) groups is 4. The molecule has 0 N–H and O–H groups in total. The van der Waals surface area contributed by atoms with Gasteiger partial charge in [-0.1, -0.05) is 18.2 Å². The molecule has 37 heavy (non-hydrogen) atoms. The molecule has 3 aromatic rings. The Morgan fingerprint density at radius 3 is 2.11 bits per heavy atom. The van der Waals surface area contributed by atoms with E-state index in [1.54, 1.807) is 0 Å². The van der Waals surface area contributed by atoms with E-state index in [4.69, 9.17) is 4.74 Å². The summed E-state index contributed by atoms with van der Waals surface area (Å²) >= 11 is 0. The first-order chi connectivity index (χ1) is 17.6. The van der Waals surface area contributed by atoms with Crippen molar-refractivity contribution in [3.8, 4) is 5.75 Å². The largest absolute Gasteiger partial charge is 0.497 e. The Hall–Kier alpha value is -5.46. The number of hydrogen-bond donors (Lipinski definition) is 0. The zero-order chi connectivity index (χ0) is 26.9. The lowest BCUT2D eigenvalue weighted by molar-refractivity contribution is -0.385. The van der Waals surface area contributed by atoms with Gasteiger partial charge in [0.05, 0.1) is 22.5 Å². The Kier molecular flexibility index (Phi) is 6.43. The fourth-order valence-corrected chi connectivity index (χ4v) is 3.82. The smallest absolute Gasteiger partial charge is 0.287 e. The van der Waals surface area contributed by atoms with Gasteiger partial charge in [-0.15, -0.1) is 0 Å². The van der Waals surface area contributed by atoms with Crippen molar-refractivity contribution in [3.63, 3.8) is 0 Å². The van der Waals surface area contributed by atoms with E-state index in [9.17, 15) is 39.4 Å². The molecule has 0 spiro atoms. The van der Waals surface area contributed by atoms with Gasteiger partial charge in [0.1, 0.15) is 23.4 Å². The molecule has 13 nitrogen and oxygen atoms in total. The summed E-state index contributed by atoms with van der Waals surface area (Å²) in [6, 6.07) is 13.9. The van der Waals surface area contributed by atoms with Crippen LogP contribution in [0.15, 0.2) is 66.7 Å². The zero-order valence-electron chi connectivity index (χ0n) is 19.0. The molecule has 0 aliphatic carbocycles. The van der Waals surface area contributed by atoms with Crippen molar-refractivity contribution in [3.05, 3.63) is 109 Å². The fourth-order valence-electron chi connectivity index (χ4n) is 3.82. The highest BCUT2D eigenvalue weighted by Gasteiger charge is 2.46. The van der Waals surface area contributed by atoms with E-state index < -0.39 is 62.4 Å². The molecule has 0 fully saturated rings. The highest BCUT2D eigenvalue weighted by Crippen LogP contribution is 2.33. The summed E-state index contributed by atoms with van der Waals surface area (Å²) in [6.45, 7) is -0.878. The SMILES string of the molecule is COc1ccc(C(=O)CN(C(=O)c2ccccc2[N+](=O)[O-])N2C(=O)c3cccc([N+](=O)[O-])c3C2=O)cc1. The lowest BCUT2D eigenvalue weighted by Crippen LogP contribution is -2.51. The summed E-state index contributed by atoms with van der Waals surface area (Å²) in [7, 11) is 1.42. The average molecular weight is 504 g/mol. The van der Waals surface area contributed by atoms with Crippen LogP contribution in [0.4, 0.5) is 11.4 Å². The van der Waals surface area contributed by atoms with E-state index in [0.717, 1.165) is 18.2 Å². The second kappa shape index (κ2) is 9.65. The molecule has 3 amide bonds. The molecule has 0 radical (unpaired) electrons. The molecule has 3 aromatic carbocycles. The van der Waals surface area contributed by atoms with Crippen LogP contribution in [0.3, 0.4) is 0 Å². The molecule has 186 valence electrons. The fraction of sp³-hybridized carbons (Fsp3) is 0.0833. The van der Waals surface area contributed by atoms with Crippen molar-refractivity contribution >= 4 is 34.9 Å². The summed E-state index contributed by atoms with van der Waals surface area (Å²) in [6.07, 6.45) is 0. The van der Waals surface area contributed by atoms with Crippen LogP contribution in [0.5, 0.6) is 5.75 Å². The number of nitro groups is 2. The number of ketones is 1. The Bertz CT molecular complexity index is 1480. The van der Waals surface area contributed by atoms with E-state index in [2.05, 4.69) is 0 Å². The van der Waals surface area contributed by atoms with Gasteiger partial charge >= 0.3 is 0 Å². The van der Waals surface area contributed by atoms with E-state index in [1.807, 2.05) is 0 Å². The summed E-state index contributed by atoms with van der Waals surface area (Å²) < 4.78 is 5.05. The van der Waals surface area contributed by atoms with Gasteiger partial charge in [-0.25, -0.2) is 5.01 Å². The van der Waals surface area contributed by atoms with Crippen LogP contribution in [-0.4, -0.2) is 57.0 Å². The number of methoxy groups -OCH3 is 1. The Labute approximate surface area is 207 Å². The quantitative estimate of drug-likeness (QED) is 0.193. The number of hydrogen-bond acceptors (Lipinski definition) is 9. The number of benzene rings is 3. The minimum Gasteiger partial charge on any atom is -0.497 e. The molecule has 1 heterocycles. The maximum Gasteiger partial charge on any atom is 0.287 e. The van der Waals surface area contributed by atoms with Gasteiger partial charge < -0.3 is 4.74 Å². The predicted octanol–water partition coefficient (Wildman–Crippen LogP) is 3.05. The van der Waals surface area contributed by atoms with Crippen molar-refractivity contribution in [2.45, 2.75) is 0 Å². The van der Waals surface area contributed by atoms with E-state index in [1.165, 1.54) is 55.6 Å². The first-order valence-corrected chi connectivity index (χ1v) is 10.5. The topological polar surface area (TPSA) is 170 Å². The molecule has 4 rings (SSSR count). The lowest BCUT2D eigenvalue weighted by Gasteiger charge is -2.29. The van der Waals surface area contributed by atoms with Gasteiger partial charge in [-0.3, -0.25) is 39.4 Å². The van der Waals surface area contributed by atoms with Crippen molar-refractivity contribution in [2.24, 2.45) is 0 Å². The third-order valence-electron chi connectivity index (χ3n) is 5.58. The summed E-state index contributed by atoms with van der Waals surface area (Å²) in [5, 5.41) is 23.8. The third kappa shape index (κ3) is 4.36. The summed E-state index contributed by atoms with van der Waals surface area (Å²) in [5.74, 6) is -3.80. The van der Waals surface area contributed by atoms with Crippen LogP contribution < -0.4 is 4.74 Å². The van der Waals surface area contributed by atoms with E-state index in [0.29, 0.717) is 15.8 Å². The number of hydrazine groups is 1. The number of amides is 3. The van der Waals surface area contributed by atoms with Crippen LogP contribution in [0, 0.1) is 20.2 Å². The normalized spacial score (nSPS) is 12.2. The van der Waals surface area contributed by atoms with Gasteiger partial charge in [0.15, 0.2) is 5.78 Å². The van der Waals surface area contributed by atoms with Crippen molar-refractivity contribution in [2.75, 3.05) is 13.7 Å². The lowest BCUT2D eigenvalue weighted by atomic mass is 10.1. The first-order valence-electron chi connectivity index (χ1n) is 10.5. The standard InChI is InChI=1S/C24H16N4O9/c1-37-15-11-9-14(10-12-15)20(29)13-25(22(30)16-5-2-3-7-18(16)27(33)34)26-23(31)17-6-4-8-19(28(35)36)21(17)24(26)32/h2-12H,13H2,1H3. The maximum atomic E-state index is 13.6. The number of Topliss-reactive ketones (excluding diaryl/α,β-unsaturated/α-hetero) is 1. The number of ether oxygens (including phenoxy) is 1. The van der Waals surface area contributed by atoms with E-state index in [-0.39, 0.29) is 11.1 Å². The van der Waals surface area contributed by atoms with Crippen LogP contribution in [0.2, 0.25) is 0 Å². The Morgan fingerprint density at radius 1 is 0.865 bits per heavy atom. The molecule has 0 aromatic heterocycles. The molecule has 0 atom stereocenters. The van der Waals surface area contributed by atoms with Crippen LogP contribution in [0.1, 0.15) is 41.4 Å². The van der Waals surface area contributed by atoms with Crippen molar-refractivity contribution < 1.29 is 33.8 Å². The highest BCUT2D eigenvalue weighted by atomic mass is 16.6. The van der Waals surface area contributed by atoms with Gasteiger partial charge in [-0.2, -0.15) is 5.01 Å². The molecule has 0 saturated heterocycles. The molecular formula is C24H16N4O9. The average Bonchev–Trinajstić information content (AvgIpc) is 3.16. The number of rotatable bonds is 8. The number of para-hydroxylation sites is 1. The van der Waals surface area contributed by atoms with Crippen molar-refractivity contribution in [1.29, 1.82) is 0 Å². The number of fused-ring (bicyclic) bond motifs is 1. The number of carbonyl (C=O) groups excluding carboxylic acids is 4. The summed E-state index contributed by atoms with van der Waals surface area (Å²) in [5.41, 5.74) is -2.62. The molecule has 13 heteroatoms. The van der Waals surface area contributed by atoms with Crippen molar-refractivity contribution in [1.82, 2.24) is 10.0 Å². The van der Waals surface area contributed by atoms with Gasteiger partial charge in [0, 0.05) is 17.7 Å². The monoisotopic (exact) mass is 504 g/mol. The number of nitrogens with zero attached hydrogens (tertiary/aromatic N) is 4. The van der Waals surface area contributed by atoms with E-state index >= 15 is 0 Å². The molecule has 0 unspecified atom stereocenters. The number of nitro benzene ring substituents is 2. The van der Waals surface area contributed by atoms with Gasteiger partial charge in [0.2, 0.25) is 0 Å². The Morgan fingerprint density at radius 2 is 1.49 bits per heavy atom. The van der Waals surface area contributed by atoms with Crippen LogP contribution in [-0.2, 0) is 0 Å². The van der Waals surface area contributed by atoms with Gasteiger partial charge in [-0.05, 0) is 36.4 Å². The first kappa shape index (κ1) is 24.7. The molecular weight excluding hydrogens is 488 g/mol. The zero-order valence-corrected chi connectivity index (χ0v) is 19.0. The van der Waals surface area contributed by atoms with Crippen LogP contribution in [0.25, 0.3) is 0 Å². The molecule has 1 aliphatic heterocycles. The second-order valence-corrected chi connectivity index (χ2v) is 7.67. The molecule has 0 saturated carbocycles. The van der Waals surface area contributed by atoms with Gasteiger partial charge in [0.25, 0.3) is 29.1 Å².